The predicted molar refractivity (Wildman–Crippen MR) is 112 cm³/mol. The van der Waals surface area contributed by atoms with Crippen LogP contribution >= 0.6 is 0 Å². The Bertz CT molecular complexity index is 1080. The van der Waals surface area contributed by atoms with Crippen LogP contribution in [0.3, 0.4) is 0 Å². The minimum atomic E-state index is -0.583. The van der Waals surface area contributed by atoms with Crippen LogP contribution in [0.15, 0.2) is 54.6 Å². The van der Waals surface area contributed by atoms with E-state index in [-0.39, 0.29) is 31.0 Å². The van der Waals surface area contributed by atoms with Crippen molar-refractivity contribution in [2.75, 3.05) is 13.2 Å². The van der Waals surface area contributed by atoms with Crippen LogP contribution < -0.4 is 4.74 Å². The summed E-state index contributed by atoms with van der Waals surface area (Å²) in [6.07, 6.45) is 0.478. The Kier molecular flexibility index (Phi) is 7.34. The monoisotopic (exact) mass is 428 g/mol. The third-order valence-corrected chi connectivity index (χ3v) is 4.94. The van der Waals surface area contributed by atoms with Gasteiger partial charge in [0.2, 0.25) is 0 Å². The maximum atomic E-state index is 14.9. The molecule has 0 spiro atoms. The molecule has 0 bridgehead atoms. The van der Waals surface area contributed by atoms with Gasteiger partial charge < -0.3 is 9.47 Å². The molecular formula is C25H23F3O3. The Morgan fingerprint density at radius 2 is 1.71 bits per heavy atom. The molecule has 3 rings (SSSR count). The van der Waals surface area contributed by atoms with Crippen LogP contribution in [-0.4, -0.2) is 19.2 Å². The summed E-state index contributed by atoms with van der Waals surface area (Å²) >= 11 is 0. The molecule has 0 radical (unpaired) electrons. The predicted octanol–water partition coefficient (Wildman–Crippen LogP) is 5.81. The second-order valence-electron chi connectivity index (χ2n) is 7.08. The van der Waals surface area contributed by atoms with Crippen molar-refractivity contribution < 1.29 is 27.4 Å². The van der Waals surface area contributed by atoms with E-state index >= 15 is 0 Å². The average molecular weight is 428 g/mol. The van der Waals surface area contributed by atoms with Crippen molar-refractivity contribution in [1.29, 1.82) is 0 Å². The highest BCUT2D eigenvalue weighted by Crippen LogP contribution is 2.27. The number of carbonyl (C=O) groups is 1. The van der Waals surface area contributed by atoms with Crippen molar-refractivity contribution in [2.45, 2.75) is 26.7 Å². The number of rotatable bonds is 8. The molecule has 0 aliphatic carbocycles. The van der Waals surface area contributed by atoms with E-state index in [0.29, 0.717) is 27.8 Å². The number of esters is 1. The first kappa shape index (κ1) is 22.4. The lowest BCUT2D eigenvalue weighted by atomic mass is 9.96. The first-order chi connectivity index (χ1) is 14.9. The normalized spacial score (nSPS) is 10.7. The Morgan fingerprint density at radius 3 is 2.45 bits per heavy atom. The fourth-order valence-corrected chi connectivity index (χ4v) is 3.33. The zero-order valence-corrected chi connectivity index (χ0v) is 17.4. The summed E-state index contributed by atoms with van der Waals surface area (Å²) in [5.41, 5.74) is 2.80. The maximum absolute atomic E-state index is 14.9. The molecule has 0 unspecified atom stereocenters. The molecule has 0 amide bonds. The number of ether oxygens (including phenoxy) is 2. The molecule has 3 aromatic carbocycles. The highest BCUT2D eigenvalue weighted by molar-refractivity contribution is 5.71. The minimum Gasteiger partial charge on any atom is -0.479 e. The third kappa shape index (κ3) is 5.66. The molecule has 0 heterocycles. The molecule has 0 aliphatic rings. The van der Waals surface area contributed by atoms with Crippen LogP contribution in [0, 0.1) is 24.4 Å². The van der Waals surface area contributed by atoms with Crippen molar-refractivity contribution in [3.8, 4) is 16.9 Å². The summed E-state index contributed by atoms with van der Waals surface area (Å²) in [5, 5.41) is 0. The molecule has 0 atom stereocenters. The van der Waals surface area contributed by atoms with Crippen LogP contribution in [-0.2, 0) is 22.4 Å². The second kappa shape index (κ2) is 10.2. The summed E-state index contributed by atoms with van der Waals surface area (Å²) in [6.45, 7) is 3.25. The highest BCUT2D eigenvalue weighted by Gasteiger charge is 2.15. The van der Waals surface area contributed by atoms with Crippen molar-refractivity contribution in [2.24, 2.45) is 0 Å². The summed E-state index contributed by atoms with van der Waals surface area (Å²) in [6, 6.07) is 13.8. The molecule has 31 heavy (non-hydrogen) atoms. The summed E-state index contributed by atoms with van der Waals surface area (Å²) in [7, 11) is 0. The number of hydrogen-bond acceptors (Lipinski definition) is 3. The highest BCUT2D eigenvalue weighted by atomic mass is 19.1. The molecule has 162 valence electrons. The lowest BCUT2D eigenvalue weighted by Gasteiger charge is -2.13. The van der Waals surface area contributed by atoms with Gasteiger partial charge in [0.1, 0.15) is 11.6 Å². The van der Waals surface area contributed by atoms with E-state index in [0.717, 1.165) is 0 Å². The Hall–Kier alpha value is -3.28. The van der Waals surface area contributed by atoms with E-state index in [1.54, 1.807) is 44.2 Å². The van der Waals surface area contributed by atoms with Crippen molar-refractivity contribution in [1.82, 2.24) is 0 Å². The Labute approximate surface area is 179 Å². The standard InChI is InChI=1S/C25H23F3O3/c1-3-30-24(29)15-31-23-12-7-16(2)21(25(23)28)10-8-19-13-18(9-11-22(19)27)17-5-4-6-20(26)14-17/h4-7,9,11-14H,3,8,10,15H2,1-2H3. The number of aryl methyl sites for hydroxylation is 2. The van der Waals surface area contributed by atoms with Crippen LogP contribution in [0.1, 0.15) is 23.6 Å². The Morgan fingerprint density at radius 1 is 0.935 bits per heavy atom. The van der Waals surface area contributed by atoms with Gasteiger partial charge in [-0.3, -0.25) is 0 Å². The SMILES string of the molecule is CCOC(=O)COc1ccc(C)c(CCc2cc(-c3cccc(F)c3)ccc2F)c1F. The molecule has 0 saturated heterocycles. The fraction of sp³-hybridized carbons (Fsp3) is 0.240. The molecule has 0 aromatic heterocycles. The summed E-state index contributed by atoms with van der Waals surface area (Å²) in [4.78, 5) is 11.5. The number of carbonyl (C=O) groups excluding carboxylic acids is 1. The molecular weight excluding hydrogens is 405 g/mol. The molecule has 0 N–H and O–H groups in total. The van der Waals surface area contributed by atoms with Crippen LogP contribution in [0.25, 0.3) is 11.1 Å². The van der Waals surface area contributed by atoms with E-state index < -0.39 is 24.2 Å². The van der Waals surface area contributed by atoms with Crippen molar-refractivity contribution in [3.63, 3.8) is 0 Å². The third-order valence-electron chi connectivity index (χ3n) is 4.94. The molecule has 0 fully saturated rings. The van der Waals surface area contributed by atoms with Gasteiger partial charge in [0.05, 0.1) is 6.61 Å². The van der Waals surface area contributed by atoms with Crippen LogP contribution in [0.5, 0.6) is 5.75 Å². The van der Waals surface area contributed by atoms with E-state index in [2.05, 4.69) is 0 Å². The number of benzene rings is 3. The van der Waals surface area contributed by atoms with Gasteiger partial charge in [-0.2, -0.15) is 0 Å². The maximum Gasteiger partial charge on any atom is 0.344 e. The van der Waals surface area contributed by atoms with Gasteiger partial charge in [-0.05, 0) is 84.8 Å². The first-order valence-corrected chi connectivity index (χ1v) is 9.99. The summed E-state index contributed by atoms with van der Waals surface area (Å²) < 4.78 is 52.9. The zero-order chi connectivity index (χ0) is 22.4. The van der Waals surface area contributed by atoms with E-state index in [1.807, 2.05) is 0 Å². The summed E-state index contributed by atoms with van der Waals surface area (Å²) in [5.74, 6) is -2.00. The average Bonchev–Trinajstić information content (AvgIpc) is 2.74. The Balaban J connectivity index is 1.78. The second-order valence-corrected chi connectivity index (χ2v) is 7.08. The fourth-order valence-electron chi connectivity index (χ4n) is 3.33. The zero-order valence-electron chi connectivity index (χ0n) is 17.4. The van der Waals surface area contributed by atoms with Gasteiger partial charge in [-0.15, -0.1) is 0 Å². The van der Waals surface area contributed by atoms with Gasteiger partial charge in [0.15, 0.2) is 18.2 Å². The molecule has 0 saturated carbocycles. The van der Waals surface area contributed by atoms with Gasteiger partial charge in [0, 0.05) is 0 Å². The quantitative estimate of drug-likeness (QED) is 0.425. The lowest BCUT2D eigenvalue weighted by Crippen LogP contribution is -2.15. The molecule has 0 aliphatic heterocycles. The van der Waals surface area contributed by atoms with E-state index in [4.69, 9.17) is 9.47 Å². The van der Waals surface area contributed by atoms with Crippen molar-refractivity contribution in [3.05, 3.63) is 88.7 Å². The van der Waals surface area contributed by atoms with Gasteiger partial charge >= 0.3 is 5.97 Å². The number of halogens is 3. The molecule has 3 aromatic rings. The largest absolute Gasteiger partial charge is 0.479 e. The van der Waals surface area contributed by atoms with Crippen LogP contribution in [0.4, 0.5) is 13.2 Å². The van der Waals surface area contributed by atoms with E-state index in [9.17, 15) is 18.0 Å². The number of hydrogen-bond donors (Lipinski definition) is 0. The van der Waals surface area contributed by atoms with Gasteiger partial charge in [0.25, 0.3) is 0 Å². The van der Waals surface area contributed by atoms with Gasteiger partial charge in [-0.25, -0.2) is 18.0 Å². The lowest BCUT2D eigenvalue weighted by molar-refractivity contribution is -0.145. The molecule has 6 heteroatoms. The smallest absolute Gasteiger partial charge is 0.344 e. The van der Waals surface area contributed by atoms with Crippen molar-refractivity contribution >= 4 is 5.97 Å². The van der Waals surface area contributed by atoms with Crippen LogP contribution in [0.2, 0.25) is 0 Å². The van der Waals surface area contributed by atoms with E-state index in [1.165, 1.54) is 24.3 Å². The minimum absolute atomic E-state index is 0.0531. The first-order valence-electron chi connectivity index (χ1n) is 9.99. The topological polar surface area (TPSA) is 35.5 Å². The van der Waals surface area contributed by atoms with Gasteiger partial charge in [-0.1, -0.05) is 24.3 Å². The molecule has 3 nitrogen and oxygen atoms in total.